The van der Waals surface area contributed by atoms with Crippen LogP contribution in [0.4, 0.5) is 5.69 Å². The minimum absolute atomic E-state index is 0.167. The van der Waals surface area contributed by atoms with E-state index in [1.54, 1.807) is 9.12 Å². The largest absolute Gasteiger partial charge is 0.387 e. The first kappa shape index (κ1) is 11.5. The molecule has 0 amide bonds. The average Bonchev–Trinajstić information content (AvgIpc) is 2.39. The number of fused-ring (bicyclic) bond motifs is 1. The van der Waals surface area contributed by atoms with Crippen molar-refractivity contribution in [1.82, 2.24) is 0 Å². The van der Waals surface area contributed by atoms with Crippen LogP contribution in [0.25, 0.3) is 0 Å². The Kier molecular flexibility index (Phi) is 3.76. The van der Waals surface area contributed by atoms with Gasteiger partial charge in [0.2, 0.25) is 0 Å². The van der Waals surface area contributed by atoms with Crippen LogP contribution in [0.1, 0.15) is 18.1 Å². The van der Waals surface area contributed by atoms with Crippen molar-refractivity contribution < 1.29 is 5.11 Å². The highest BCUT2D eigenvalue weighted by atomic mass is 127. The summed E-state index contributed by atoms with van der Waals surface area (Å²) in [5.41, 5.74) is 7.94. The van der Waals surface area contributed by atoms with Crippen molar-refractivity contribution in [3.05, 3.63) is 29.8 Å². The van der Waals surface area contributed by atoms with Crippen LogP contribution < -0.4 is 10.0 Å². The van der Waals surface area contributed by atoms with Gasteiger partial charge in [0.25, 0.3) is 0 Å². The highest BCUT2D eigenvalue weighted by Gasteiger charge is 2.26. The zero-order valence-corrected chi connectivity index (χ0v) is 11.1. The van der Waals surface area contributed by atoms with Crippen molar-refractivity contribution in [3.8, 4) is 0 Å². The molecule has 0 spiro atoms. The number of nitrogens with zero attached hydrogens (tertiary/aromatic N) is 1. The summed E-state index contributed by atoms with van der Waals surface area (Å²) in [4.78, 5) is 0. The van der Waals surface area contributed by atoms with Gasteiger partial charge in [0.15, 0.2) is 0 Å². The van der Waals surface area contributed by atoms with Gasteiger partial charge in [0, 0.05) is 48.5 Å². The predicted octanol–water partition coefficient (Wildman–Crippen LogP) is 2.26. The molecular formula is C10H13IN2OS. The van der Waals surface area contributed by atoms with Crippen LogP contribution in [0.2, 0.25) is 0 Å². The third-order valence-corrected chi connectivity index (χ3v) is 4.65. The van der Waals surface area contributed by atoms with Crippen LogP contribution in [0.3, 0.4) is 0 Å². The summed E-state index contributed by atoms with van der Waals surface area (Å²) in [7, 11) is 1.64. The summed E-state index contributed by atoms with van der Waals surface area (Å²) in [5, 5.41) is 10.1. The topological polar surface area (TPSA) is 49.5 Å². The van der Waals surface area contributed by atoms with Crippen molar-refractivity contribution in [2.45, 2.75) is 18.6 Å². The molecule has 1 aromatic rings. The van der Waals surface area contributed by atoms with Crippen LogP contribution in [-0.4, -0.2) is 17.7 Å². The van der Waals surface area contributed by atoms with Crippen molar-refractivity contribution >= 4 is 36.0 Å². The molecule has 1 aromatic carbocycles. The minimum Gasteiger partial charge on any atom is -0.387 e. The number of para-hydroxylation sites is 1. The molecule has 0 saturated carbocycles. The van der Waals surface area contributed by atoms with Gasteiger partial charge in [0.05, 0.1) is 11.8 Å². The molecule has 0 aliphatic carbocycles. The Labute approximate surface area is 106 Å². The summed E-state index contributed by atoms with van der Waals surface area (Å²) in [6.45, 7) is 0.878. The molecule has 3 nitrogen and oxygen atoms in total. The Morgan fingerprint density at radius 1 is 1.47 bits per heavy atom. The monoisotopic (exact) mass is 336 g/mol. The maximum atomic E-state index is 10.1. The molecule has 0 fully saturated rings. The third-order valence-electron chi connectivity index (χ3n) is 2.68. The minimum atomic E-state index is -0.547. The molecule has 0 bridgehead atoms. The van der Waals surface area contributed by atoms with E-state index in [1.807, 2.05) is 24.3 Å². The van der Waals surface area contributed by atoms with Gasteiger partial charge >= 0.3 is 0 Å². The van der Waals surface area contributed by atoms with E-state index >= 15 is 0 Å². The van der Waals surface area contributed by atoms with Gasteiger partial charge in [-0.1, -0.05) is 18.2 Å². The second-order valence-corrected chi connectivity index (χ2v) is 5.39. The van der Waals surface area contributed by atoms with E-state index in [0.717, 1.165) is 24.2 Å². The molecular weight excluding hydrogens is 323 g/mol. The second-order valence-electron chi connectivity index (χ2n) is 3.63. The Hall–Kier alpha value is 0.0200. The van der Waals surface area contributed by atoms with E-state index in [2.05, 4.69) is 25.5 Å². The fourth-order valence-corrected chi connectivity index (χ4v) is 3.45. The summed E-state index contributed by atoms with van der Waals surface area (Å²) in [5.74, 6) is 0. The van der Waals surface area contributed by atoms with Crippen molar-refractivity contribution in [3.63, 3.8) is 0 Å². The first-order chi connectivity index (χ1) is 7.24. The number of aliphatic hydroxyl groups excluding tert-OH is 1. The molecule has 0 saturated heterocycles. The lowest BCUT2D eigenvalue weighted by Gasteiger charge is -2.20. The number of nitrogens with two attached hydrogens (primary N) is 1. The highest BCUT2D eigenvalue weighted by molar-refractivity contribution is 14.2. The Balaban J connectivity index is 2.44. The van der Waals surface area contributed by atoms with E-state index in [-0.39, 0.29) is 6.04 Å². The Morgan fingerprint density at radius 2 is 2.20 bits per heavy atom. The molecule has 2 rings (SSSR count). The molecule has 3 N–H and O–H groups in total. The van der Waals surface area contributed by atoms with Crippen molar-refractivity contribution in [1.29, 1.82) is 0 Å². The van der Waals surface area contributed by atoms with Gasteiger partial charge in [0.1, 0.15) is 0 Å². The third kappa shape index (κ3) is 2.25. The van der Waals surface area contributed by atoms with Gasteiger partial charge in [-0.2, -0.15) is 0 Å². The number of hydrogen-bond acceptors (Lipinski definition) is 4. The Bertz CT molecular complexity index is 335. The fraction of sp³-hybridized carbons (Fsp3) is 0.400. The van der Waals surface area contributed by atoms with Crippen LogP contribution in [0.15, 0.2) is 24.3 Å². The first-order valence-corrected chi connectivity index (χ1v) is 8.14. The summed E-state index contributed by atoms with van der Waals surface area (Å²) >= 11 is 2.26. The molecule has 1 heterocycles. The molecule has 2 atom stereocenters. The lowest BCUT2D eigenvalue weighted by Crippen LogP contribution is -2.28. The highest BCUT2D eigenvalue weighted by Crippen LogP contribution is 2.37. The lowest BCUT2D eigenvalue weighted by atomic mass is 10.0. The zero-order valence-electron chi connectivity index (χ0n) is 8.14. The second kappa shape index (κ2) is 4.90. The number of rotatable bonds is 1. The smallest absolute Gasteiger partial charge is 0.0961 e. The predicted molar refractivity (Wildman–Crippen MR) is 73.0 cm³/mol. The number of halogens is 1. The van der Waals surface area contributed by atoms with Gasteiger partial charge in [-0.3, -0.25) is 0 Å². The number of hydrogen-bond donors (Lipinski definition) is 2. The van der Waals surface area contributed by atoms with Gasteiger partial charge in [-0.05, 0) is 12.5 Å². The fourth-order valence-electron chi connectivity index (χ4n) is 1.81. The molecule has 0 aromatic heterocycles. The standard InChI is InChI=1S/C10H13IN2OS/c11-15-13-6-5-8(12)10(14)7-3-1-2-4-9(7)13/h1-4,8,10,14H,5-6,12H2. The van der Waals surface area contributed by atoms with Crippen LogP contribution in [0.5, 0.6) is 0 Å². The number of anilines is 1. The van der Waals surface area contributed by atoms with E-state index in [0.29, 0.717) is 0 Å². The SMILES string of the molecule is NC1CCN(SI)c2ccccc2C1O. The summed E-state index contributed by atoms with van der Waals surface area (Å²) in [6.07, 6.45) is 0.265. The summed E-state index contributed by atoms with van der Waals surface area (Å²) < 4.78 is 2.17. The van der Waals surface area contributed by atoms with Crippen molar-refractivity contribution in [2.75, 3.05) is 10.8 Å². The Morgan fingerprint density at radius 3 is 2.93 bits per heavy atom. The van der Waals surface area contributed by atoms with E-state index in [1.165, 1.54) is 0 Å². The number of aliphatic hydroxyl groups is 1. The number of benzene rings is 1. The average molecular weight is 336 g/mol. The quantitative estimate of drug-likeness (QED) is 0.610. The maximum absolute atomic E-state index is 10.1. The maximum Gasteiger partial charge on any atom is 0.0961 e. The molecule has 82 valence electrons. The van der Waals surface area contributed by atoms with E-state index in [4.69, 9.17) is 5.73 Å². The molecule has 2 unspecified atom stereocenters. The van der Waals surface area contributed by atoms with E-state index < -0.39 is 6.10 Å². The van der Waals surface area contributed by atoms with Crippen LogP contribution >= 0.6 is 30.3 Å². The van der Waals surface area contributed by atoms with Crippen LogP contribution in [0, 0.1) is 0 Å². The van der Waals surface area contributed by atoms with Gasteiger partial charge < -0.3 is 15.1 Å². The zero-order chi connectivity index (χ0) is 10.8. The van der Waals surface area contributed by atoms with Crippen LogP contribution in [-0.2, 0) is 0 Å². The first-order valence-electron chi connectivity index (χ1n) is 4.83. The van der Waals surface area contributed by atoms with E-state index in [9.17, 15) is 5.11 Å². The molecule has 15 heavy (non-hydrogen) atoms. The van der Waals surface area contributed by atoms with Gasteiger partial charge in [-0.25, -0.2) is 0 Å². The molecule has 0 radical (unpaired) electrons. The normalized spacial score (nSPS) is 25.9. The molecule has 5 heteroatoms. The van der Waals surface area contributed by atoms with Crippen molar-refractivity contribution in [2.24, 2.45) is 5.73 Å². The lowest BCUT2D eigenvalue weighted by molar-refractivity contribution is 0.146. The molecule has 1 aliphatic heterocycles. The summed E-state index contributed by atoms with van der Waals surface area (Å²) in [6, 6.07) is 7.74. The molecule has 1 aliphatic rings. The van der Waals surface area contributed by atoms with Gasteiger partial charge in [-0.15, -0.1) is 0 Å².